The number of carboxylic acid groups (broad SMARTS) is 1. The topological polar surface area (TPSA) is 95.7 Å². The highest BCUT2D eigenvalue weighted by Crippen LogP contribution is 2.40. The summed E-state index contributed by atoms with van der Waals surface area (Å²) in [5, 5.41) is 10.0. The van der Waals surface area contributed by atoms with E-state index in [1.165, 1.54) is 19.2 Å². The number of halogens is 1. The normalized spacial score (nSPS) is 13.9. The predicted molar refractivity (Wildman–Crippen MR) is 138 cm³/mol. The molecule has 1 aliphatic rings. The third kappa shape index (κ3) is 5.54. The van der Waals surface area contributed by atoms with Crippen molar-refractivity contribution in [1.82, 2.24) is 14.5 Å². The Morgan fingerprint density at radius 2 is 1.92 bits per heavy atom. The van der Waals surface area contributed by atoms with Gasteiger partial charge in [-0.3, -0.25) is 0 Å². The molecule has 1 saturated carbocycles. The molecule has 0 saturated heterocycles. The van der Waals surface area contributed by atoms with Crippen molar-refractivity contribution in [2.24, 2.45) is 5.92 Å². The molecule has 194 valence electrons. The average molecular weight is 516 g/mol. The second kappa shape index (κ2) is 10.2. The SMILES string of the molecule is COc1cc(OCC2CC2)c(-c2nc(C)nc3c(C(=O)O)c(C)n(COCC[Si](C)(C)C)c23)cc1F. The maximum Gasteiger partial charge on any atom is 0.339 e. The lowest BCUT2D eigenvalue weighted by Crippen LogP contribution is -2.22. The van der Waals surface area contributed by atoms with Crippen LogP contribution in [0.2, 0.25) is 25.7 Å². The third-order valence-corrected chi connectivity index (χ3v) is 8.08. The highest BCUT2D eigenvalue weighted by atomic mass is 28.3. The Morgan fingerprint density at radius 3 is 2.53 bits per heavy atom. The first-order valence-electron chi connectivity index (χ1n) is 12.2. The lowest BCUT2D eigenvalue weighted by Gasteiger charge is -2.18. The first-order valence-corrected chi connectivity index (χ1v) is 15.9. The molecular weight excluding hydrogens is 481 g/mol. The molecular formula is C26H34FN3O5Si. The van der Waals surface area contributed by atoms with Crippen molar-refractivity contribution in [3.63, 3.8) is 0 Å². The van der Waals surface area contributed by atoms with E-state index in [-0.39, 0.29) is 18.0 Å². The van der Waals surface area contributed by atoms with Gasteiger partial charge < -0.3 is 23.9 Å². The van der Waals surface area contributed by atoms with Crippen molar-refractivity contribution >= 4 is 25.1 Å². The smallest absolute Gasteiger partial charge is 0.339 e. The number of aromatic nitrogens is 3. The molecule has 2 heterocycles. The maximum absolute atomic E-state index is 15.0. The minimum absolute atomic E-state index is 0.0686. The highest BCUT2D eigenvalue weighted by Gasteiger charge is 2.28. The van der Waals surface area contributed by atoms with E-state index < -0.39 is 19.9 Å². The fourth-order valence-electron chi connectivity index (χ4n) is 4.10. The summed E-state index contributed by atoms with van der Waals surface area (Å²) in [7, 11) is 0.0982. The van der Waals surface area contributed by atoms with Crippen LogP contribution in [-0.4, -0.2) is 54.0 Å². The molecule has 1 fully saturated rings. The minimum atomic E-state index is -1.31. The van der Waals surface area contributed by atoms with Gasteiger partial charge in [-0.1, -0.05) is 19.6 Å². The fourth-order valence-corrected chi connectivity index (χ4v) is 4.85. The van der Waals surface area contributed by atoms with Crippen LogP contribution in [0.4, 0.5) is 4.39 Å². The molecule has 0 unspecified atom stereocenters. The van der Waals surface area contributed by atoms with Crippen LogP contribution in [0, 0.1) is 25.6 Å². The monoisotopic (exact) mass is 515 g/mol. The number of benzene rings is 1. The van der Waals surface area contributed by atoms with Crippen molar-refractivity contribution in [3.05, 3.63) is 35.0 Å². The largest absolute Gasteiger partial charge is 0.494 e. The number of carboxylic acids is 1. The molecule has 1 aliphatic carbocycles. The number of methoxy groups -OCH3 is 1. The van der Waals surface area contributed by atoms with Crippen LogP contribution >= 0.6 is 0 Å². The maximum atomic E-state index is 15.0. The van der Waals surface area contributed by atoms with Gasteiger partial charge in [0.1, 0.15) is 35.1 Å². The van der Waals surface area contributed by atoms with Crippen molar-refractivity contribution in [3.8, 4) is 22.8 Å². The Morgan fingerprint density at radius 1 is 1.19 bits per heavy atom. The summed E-state index contributed by atoms with van der Waals surface area (Å²) in [5.74, 6) is -0.295. The number of carbonyl (C=O) groups is 1. The molecule has 3 aromatic rings. The number of fused-ring (bicyclic) bond motifs is 1. The van der Waals surface area contributed by atoms with E-state index in [1.54, 1.807) is 18.4 Å². The van der Waals surface area contributed by atoms with Crippen molar-refractivity contribution in [2.75, 3.05) is 20.3 Å². The molecule has 0 aliphatic heterocycles. The van der Waals surface area contributed by atoms with E-state index in [0.29, 0.717) is 58.7 Å². The van der Waals surface area contributed by atoms with Crippen molar-refractivity contribution < 1.29 is 28.5 Å². The zero-order chi connectivity index (χ0) is 26.2. The molecule has 0 atom stereocenters. The Balaban J connectivity index is 1.88. The van der Waals surface area contributed by atoms with Gasteiger partial charge in [0.25, 0.3) is 0 Å². The quantitative estimate of drug-likeness (QED) is 0.260. The summed E-state index contributed by atoms with van der Waals surface area (Å²) < 4.78 is 34.0. The van der Waals surface area contributed by atoms with Crippen LogP contribution in [0.25, 0.3) is 22.3 Å². The Bertz CT molecular complexity index is 1300. The van der Waals surface area contributed by atoms with E-state index >= 15 is 0 Å². The van der Waals surface area contributed by atoms with Gasteiger partial charge in [-0.2, -0.15) is 0 Å². The summed E-state index contributed by atoms with van der Waals surface area (Å²) >= 11 is 0. The summed E-state index contributed by atoms with van der Waals surface area (Å²) in [6.07, 6.45) is 2.20. The lowest BCUT2D eigenvalue weighted by molar-refractivity contribution is 0.0694. The van der Waals surface area contributed by atoms with E-state index in [1.807, 2.05) is 0 Å². The van der Waals surface area contributed by atoms with Crippen LogP contribution in [0.15, 0.2) is 12.1 Å². The minimum Gasteiger partial charge on any atom is -0.494 e. The molecule has 2 aromatic heterocycles. The Kier molecular flexibility index (Phi) is 7.38. The molecule has 1 N–H and O–H groups in total. The Hall–Kier alpha value is -2.98. The van der Waals surface area contributed by atoms with Gasteiger partial charge in [-0.05, 0) is 44.7 Å². The van der Waals surface area contributed by atoms with Crippen LogP contribution in [0.3, 0.4) is 0 Å². The van der Waals surface area contributed by atoms with Gasteiger partial charge in [-0.25, -0.2) is 19.2 Å². The molecule has 0 amide bonds. The number of hydrogen-bond donors (Lipinski definition) is 1. The zero-order valence-electron chi connectivity index (χ0n) is 21.8. The highest BCUT2D eigenvalue weighted by molar-refractivity contribution is 6.76. The van der Waals surface area contributed by atoms with Gasteiger partial charge in [0.05, 0.1) is 19.2 Å². The lowest BCUT2D eigenvalue weighted by atomic mass is 10.1. The molecule has 10 heteroatoms. The van der Waals surface area contributed by atoms with Crippen molar-refractivity contribution in [2.45, 2.75) is 59.1 Å². The van der Waals surface area contributed by atoms with E-state index in [4.69, 9.17) is 14.2 Å². The van der Waals surface area contributed by atoms with Gasteiger partial charge >= 0.3 is 5.97 Å². The number of hydrogen-bond acceptors (Lipinski definition) is 6. The molecule has 4 rings (SSSR count). The summed E-state index contributed by atoms with van der Waals surface area (Å²) in [6.45, 7) is 11.4. The van der Waals surface area contributed by atoms with Gasteiger partial charge in [0.2, 0.25) is 0 Å². The van der Waals surface area contributed by atoms with Crippen LogP contribution in [0.1, 0.15) is 34.7 Å². The molecule has 0 spiro atoms. The second-order valence-electron chi connectivity index (χ2n) is 10.6. The standard InChI is InChI=1S/C26H34FN3O5Si/c1-15-22(26(31)32)24-25(30(15)14-34-9-10-36(4,5)6)23(28-16(2)29-24)18-11-19(27)21(33-3)12-20(18)35-13-17-7-8-17/h11-12,17H,7-10,13-14H2,1-6H3,(H,31,32). The molecule has 0 radical (unpaired) electrons. The summed E-state index contributed by atoms with van der Waals surface area (Å²) in [6, 6.07) is 3.84. The first-order chi connectivity index (χ1) is 17.0. The van der Waals surface area contributed by atoms with E-state index in [0.717, 1.165) is 18.9 Å². The number of rotatable bonds is 11. The number of aromatic carboxylic acids is 1. The molecule has 36 heavy (non-hydrogen) atoms. The van der Waals surface area contributed by atoms with Gasteiger partial charge in [0, 0.05) is 32.0 Å². The molecule has 8 nitrogen and oxygen atoms in total. The average Bonchev–Trinajstić information content (AvgIpc) is 3.57. The van der Waals surface area contributed by atoms with Gasteiger partial charge in [-0.15, -0.1) is 0 Å². The van der Waals surface area contributed by atoms with Crippen LogP contribution < -0.4 is 9.47 Å². The zero-order valence-corrected chi connectivity index (χ0v) is 22.8. The predicted octanol–water partition coefficient (Wildman–Crippen LogP) is 5.66. The number of ether oxygens (including phenoxy) is 3. The second-order valence-corrected chi connectivity index (χ2v) is 16.2. The van der Waals surface area contributed by atoms with Crippen LogP contribution in [0.5, 0.6) is 11.5 Å². The van der Waals surface area contributed by atoms with E-state index in [2.05, 4.69) is 29.6 Å². The third-order valence-electron chi connectivity index (χ3n) is 6.38. The summed E-state index contributed by atoms with van der Waals surface area (Å²) in [4.78, 5) is 21.4. The Labute approximate surface area is 211 Å². The fraction of sp³-hybridized carbons (Fsp3) is 0.500. The van der Waals surface area contributed by atoms with E-state index in [9.17, 15) is 14.3 Å². The molecule has 0 bridgehead atoms. The molecule has 1 aromatic carbocycles. The van der Waals surface area contributed by atoms with Crippen LogP contribution in [-0.2, 0) is 11.5 Å². The number of aryl methyl sites for hydroxylation is 1. The van der Waals surface area contributed by atoms with Gasteiger partial charge in [0.15, 0.2) is 11.6 Å². The first kappa shape index (κ1) is 26.1. The number of nitrogens with zero attached hydrogens (tertiary/aromatic N) is 3. The summed E-state index contributed by atoms with van der Waals surface area (Å²) in [5.41, 5.74) is 2.17. The van der Waals surface area contributed by atoms with Crippen molar-refractivity contribution in [1.29, 1.82) is 0 Å².